The van der Waals surface area contributed by atoms with E-state index in [2.05, 4.69) is 0 Å². The molecule has 1 fully saturated rings. The van der Waals surface area contributed by atoms with E-state index >= 15 is 0 Å². The standard InChI is InChI=1S/C16H18ClFN2O5/c17-11-7-10(18)4-5-13(11)24-9-15(22)25-8-14(21)20-6-2-1-3-12(20)16(19)23/h4-5,7,12H,1-3,6,8-9H2,(H2,19,23)/t12-/m1/s1. The molecule has 1 heterocycles. The van der Waals surface area contributed by atoms with Crippen LogP contribution in [0.2, 0.25) is 5.02 Å². The summed E-state index contributed by atoms with van der Waals surface area (Å²) < 4.78 is 22.9. The fraction of sp³-hybridized carbons (Fsp3) is 0.438. The zero-order chi connectivity index (χ0) is 18.4. The van der Waals surface area contributed by atoms with Crippen LogP contribution in [0.5, 0.6) is 5.75 Å². The van der Waals surface area contributed by atoms with Gasteiger partial charge in [0.05, 0.1) is 5.02 Å². The van der Waals surface area contributed by atoms with E-state index in [1.807, 2.05) is 0 Å². The molecule has 1 aliphatic rings. The molecule has 0 aliphatic carbocycles. The van der Waals surface area contributed by atoms with Crippen molar-refractivity contribution in [2.75, 3.05) is 19.8 Å². The number of halogens is 2. The van der Waals surface area contributed by atoms with Gasteiger partial charge in [0.15, 0.2) is 13.2 Å². The average molecular weight is 373 g/mol. The van der Waals surface area contributed by atoms with Crippen molar-refractivity contribution >= 4 is 29.4 Å². The van der Waals surface area contributed by atoms with E-state index in [0.717, 1.165) is 25.0 Å². The number of hydrogen-bond acceptors (Lipinski definition) is 5. The van der Waals surface area contributed by atoms with Crippen LogP contribution < -0.4 is 10.5 Å². The largest absolute Gasteiger partial charge is 0.480 e. The quantitative estimate of drug-likeness (QED) is 0.758. The molecule has 1 aliphatic heterocycles. The predicted molar refractivity (Wildman–Crippen MR) is 86.4 cm³/mol. The highest BCUT2D eigenvalue weighted by atomic mass is 35.5. The lowest BCUT2D eigenvalue weighted by Crippen LogP contribution is -2.51. The minimum absolute atomic E-state index is 0.0153. The van der Waals surface area contributed by atoms with Gasteiger partial charge in [-0.3, -0.25) is 9.59 Å². The van der Waals surface area contributed by atoms with Gasteiger partial charge in [-0.05, 0) is 37.5 Å². The number of nitrogens with zero attached hydrogens (tertiary/aromatic N) is 1. The third-order valence-corrected chi connectivity index (χ3v) is 4.04. The molecular weight excluding hydrogens is 355 g/mol. The highest BCUT2D eigenvalue weighted by molar-refractivity contribution is 6.32. The van der Waals surface area contributed by atoms with E-state index in [4.69, 9.17) is 26.8 Å². The number of piperidine rings is 1. The van der Waals surface area contributed by atoms with E-state index in [0.29, 0.717) is 13.0 Å². The molecule has 136 valence electrons. The van der Waals surface area contributed by atoms with Crippen LogP contribution in [0.4, 0.5) is 4.39 Å². The number of hydrogen-bond donors (Lipinski definition) is 1. The molecule has 1 atom stereocenters. The molecule has 0 spiro atoms. The SMILES string of the molecule is NC(=O)[C@H]1CCCCN1C(=O)COC(=O)COc1ccc(F)cc1Cl. The maximum absolute atomic E-state index is 12.9. The third-order valence-electron chi connectivity index (χ3n) is 3.75. The average Bonchev–Trinajstić information content (AvgIpc) is 2.58. The van der Waals surface area contributed by atoms with Crippen LogP contribution in [0.3, 0.4) is 0 Å². The summed E-state index contributed by atoms with van der Waals surface area (Å²) in [4.78, 5) is 36.5. The Bertz CT molecular complexity index is 670. The summed E-state index contributed by atoms with van der Waals surface area (Å²) in [5, 5.41) is 0.0153. The number of likely N-dealkylation sites (tertiary alicyclic amines) is 1. The number of benzene rings is 1. The third kappa shape index (κ3) is 5.32. The lowest BCUT2D eigenvalue weighted by Gasteiger charge is -2.33. The molecule has 0 aromatic heterocycles. The summed E-state index contributed by atoms with van der Waals surface area (Å²) in [5.74, 6) is -2.26. The van der Waals surface area contributed by atoms with Crippen LogP contribution in [0.25, 0.3) is 0 Å². The Morgan fingerprint density at radius 3 is 2.72 bits per heavy atom. The number of amides is 2. The van der Waals surface area contributed by atoms with Crippen molar-refractivity contribution in [3.05, 3.63) is 29.0 Å². The highest BCUT2D eigenvalue weighted by Crippen LogP contribution is 2.24. The first-order valence-electron chi connectivity index (χ1n) is 7.70. The van der Waals surface area contributed by atoms with Gasteiger partial charge in [-0.1, -0.05) is 11.6 Å². The van der Waals surface area contributed by atoms with Crippen LogP contribution in [0.1, 0.15) is 19.3 Å². The molecule has 2 amide bonds. The number of carbonyl (C=O) groups is 3. The molecule has 1 saturated heterocycles. The second-order valence-electron chi connectivity index (χ2n) is 5.53. The number of esters is 1. The Morgan fingerprint density at radius 1 is 1.28 bits per heavy atom. The van der Waals surface area contributed by atoms with Crippen LogP contribution in [-0.2, 0) is 19.1 Å². The second kappa shape index (κ2) is 8.66. The number of rotatable bonds is 6. The molecule has 1 aromatic carbocycles. The fourth-order valence-electron chi connectivity index (χ4n) is 2.52. The lowest BCUT2D eigenvalue weighted by atomic mass is 10.0. The predicted octanol–water partition coefficient (Wildman–Crippen LogP) is 1.27. The summed E-state index contributed by atoms with van der Waals surface area (Å²) >= 11 is 5.77. The number of carbonyl (C=O) groups excluding carboxylic acids is 3. The molecule has 0 unspecified atom stereocenters. The second-order valence-corrected chi connectivity index (χ2v) is 5.93. The van der Waals surface area contributed by atoms with Crippen molar-refractivity contribution in [2.24, 2.45) is 5.73 Å². The maximum Gasteiger partial charge on any atom is 0.344 e. The highest BCUT2D eigenvalue weighted by Gasteiger charge is 2.30. The molecule has 7 nitrogen and oxygen atoms in total. The van der Waals surface area contributed by atoms with Crippen molar-refractivity contribution in [2.45, 2.75) is 25.3 Å². The first-order chi connectivity index (χ1) is 11.9. The molecule has 0 bridgehead atoms. The summed E-state index contributed by atoms with van der Waals surface area (Å²) in [6.07, 6.45) is 2.07. The van der Waals surface area contributed by atoms with Crippen molar-refractivity contribution in [3.63, 3.8) is 0 Å². The topological polar surface area (TPSA) is 98.9 Å². The van der Waals surface area contributed by atoms with E-state index in [1.165, 1.54) is 11.0 Å². The summed E-state index contributed by atoms with van der Waals surface area (Å²) in [6, 6.07) is 2.79. The van der Waals surface area contributed by atoms with Gasteiger partial charge >= 0.3 is 5.97 Å². The molecule has 25 heavy (non-hydrogen) atoms. The van der Waals surface area contributed by atoms with Crippen molar-refractivity contribution in [1.82, 2.24) is 4.90 Å². The fourth-order valence-corrected chi connectivity index (χ4v) is 2.74. The molecule has 0 radical (unpaired) electrons. The maximum atomic E-state index is 12.9. The Balaban J connectivity index is 1.80. The first kappa shape index (κ1) is 19.0. The first-order valence-corrected chi connectivity index (χ1v) is 8.08. The van der Waals surface area contributed by atoms with Crippen LogP contribution >= 0.6 is 11.6 Å². The van der Waals surface area contributed by atoms with Gasteiger partial charge in [0.25, 0.3) is 5.91 Å². The van der Waals surface area contributed by atoms with Crippen molar-refractivity contribution in [1.29, 1.82) is 0 Å². The Morgan fingerprint density at radius 2 is 2.04 bits per heavy atom. The Kier molecular flexibility index (Phi) is 6.58. The molecule has 2 N–H and O–H groups in total. The van der Waals surface area contributed by atoms with E-state index < -0.39 is 42.9 Å². The van der Waals surface area contributed by atoms with Crippen molar-refractivity contribution < 1.29 is 28.2 Å². The Hall–Kier alpha value is -2.35. The number of nitrogens with two attached hydrogens (primary N) is 1. The summed E-state index contributed by atoms with van der Waals surface area (Å²) in [5.41, 5.74) is 5.29. The zero-order valence-corrected chi connectivity index (χ0v) is 14.1. The van der Waals surface area contributed by atoms with Gasteiger partial charge in [0.2, 0.25) is 5.91 Å². The van der Waals surface area contributed by atoms with Gasteiger partial charge in [-0.25, -0.2) is 9.18 Å². The van der Waals surface area contributed by atoms with E-state index in [9.17, 15) is 18.8 Å². The van der Waals surface area contributed by atoms with Gasteiger partial charge in [0.1, 0.15) is 17.6 Å². The smallest absolute Gasteiger partial charge is 0.344 e. The Labute approximate surface area is 148 Å². The summed E-state index contributed by atoms with van der Waals surface area (Å²) in [6.45, 7) is -0.604. The number of ether oxygens (including phenoxy) is 2. The van der Waals surface area contributed by atoms with Gasteiger partial charge < -0.3 is 20.1 Å². The van der Waals surface area contributed by atoms with Crippen molar-refractivity contribution in [3.8, 4) is 5.75 Å². The monoisotopic (exact) mass is 372 g/mol. The van der Waals surface area contributed by atoms with Gasteiger partial charge in [-0.2, -0.15) is 0 Å². The molecule has 1 aromatic rings. The minimum Gasteiger partial charge on any atom is -0.480 e. The van der Waals surface area contributed by atoms with Crippen LogP contribution in [0.15, 0.2) is 18.2 Å². The molecule has 0 saturated carbocycles. The van der Waals surface area contributed by atoms with Crippen LogP contribution in [-0.4, -0.2) is 48.5 Å². The van der Waals surface area contributed by atoms with Crippen LogP contribution in [0, 0.1) is 5.82 Å². The van der Waals surface area contributed by atoms with E-state index in [-0.39, 0.29) is 10.8 Å². The summed E-state index contributed by atoms with van der Waals surface area (Å²) in [7, 11) is 0. The molecule has 9 heteroatoms. The number of primary amides is 1. The molecular formula is C16H18ClFN2O5. The van der Waals surface area contributed by atoms with Gasteiger partial charge in [-0.15, -0.1) is 0 Å². The van der Waals surface area contributed by atoms with Gasteiger partial charge in [0, 0.05) is 6.54 Å². The normalized spacial score (nSPS) is 17.0. The molecule has 2 rings (SSSR count). The lowest BCUT2D eigenvalue weighted by molar-refractivity contribution is -0.156. The van der Waals surface area contributed by atoms with E-state index in [1.54, 1.807) is 0 Å². The zero-order valence-electron chi connectivity index (χ0n) is 13.4. The minimum atomic E-state index is -0.790.